The molecular weight excluding hydrogens is 791 g/mol. The van der Waals surface area contributed by atoms with Crippen molar-refractivity contribution < 1.29 is 39.8 Å². The van der Waals surface area contributed by atoms with Crippen molar-refractivity contribution in [3.8, 4) is 0 Å². The molecule has 0 aliphatic carbocycles. The van der Waals surface area contributed by atoms with Gasteiger partial charge in [0.25, 0.3) is 0 Å². The first-order chi connectivity index (χ1) is 30.8. The maximum atomic E-state index is 13.0. The average molecular weight is 894 g/mol. The molecule has 7 atom stereocenters. The van der Waals surface area contributed by atoms with E-state index < -0.39 is 49.5 Å². The second-order valence-corrected chi connectivity index (χ2v) is 19.0. The fourth-order valence-corrected chi connectivity index (χ4v) is 8.68. The molecule has 1 rings (SSSR count). The summed E-state index contributed by atoms with van der Waals surface area (Å²) in [4.78, 5) is 13.0. The first-order valence-corrected chi connectivity index (χ1v) is 27.1. The normalized spacial score (nSPS) is 20.3. The lowest BCUT2D eigenvalue weighted by molar-refractivity contribution is -0.302. The summed E-state index contributed by atoms with van der Waals surface area (Å²) in [6, 6.07) is -0.805. The molecule has 63 heavy (non-hydrogen) atoms. The number of nitrogens with one attached hydrogen (secondary N) is 1. The third-order valence-electron chi connectivity index (χ3n) is 13.0. The van der Waals surface area contributed by atoms with Gasteiger partial charge in [-0.2, -0.15) is 0 Å². The fourth-order valence-electron chi connectivity index (χ4n) is 8.68. The number of rotatable bonds is 46. The number of carbonyl (C=O) groups is 1. The van der Waals surface area contributed by atoms with E-state index in [1.165, 1.54) is 199 Å². The standard InChI is InChI=1S/C54H103NO8/c1-3-5-7-9-11-13-15-17-19-21-22-23-24-25-26-28-30-32-34-36-38-40-42-44-50(58)55-47(46-62-54-53(61)52(60)51(59)49(45-56)63-54)48(57)43-41-39-37-35-33-31-29-27-20-18-16-14-12-10-8-6-4-2/h25-26,41,43,47-49,51-54,56-57,59-61H,3-24,27-40,42,44-46H2,1-2H3,(H,55,58)/b26-25-,43-41+. The molecule has 9 nitrogen and oxygen atoms in total. The largest absolute Gasteiger partial charge is 0.394 e. The molecule has 7 unspecified atom stereocenters. The zero-order chi connectivity index (χ0) is 45.9. The average Bonchev–Trinajstić information content (AvgIpc) is 3.28. The molecule has 0 radical (unpaired) electrons. The van der Waals surface area contributed by atoms with Crippen LogP contribution in [0.25, 0.3) is 0 Å². The summed E-state index contributed by atoms with van der Waals surface area (Å²) in [6.45, 7) is 3.80. The van der Waals surface area contributed by atoms with Gasteiger partial charge in [0.1, 0.15) is 24.4 Å². The van der Waals surface area contributed by atoms with E-state index in [1.54, 1.807) is 6.08 Å². The highest BCUT2D eigenvalue weighted by atomic mass is 16.7. The van der Waals surface area contributed by atoms with Gasteiger partial charge in [-0.15, -0.1) is 0 Å². The predicted octanol–water partition coefficient (Wildman–Crippen LogP) is 12.6. The van der Waals surface area contributed by atoms with Crippen molar-refractivity contribution in [2.45, 2.75) is 301 Å². The zero-order valence-electron chi connectivity index (χ0n) is 41.1. The SMILES string of the molecule is CCCCCCCCCCCCCC/C=C\CCCCCCCCCC(=O)NC(COC1OC(CO)C(O)C(O)C1O)C(O)/C=C/CCCCCCCCCCCCCCCCC. The molecule has 1 aliphatic heterocycles. The lowest BCUT2D eigenvalue weighted by atomic mass is 9.99. The number of aliphatic hydroxyl groups is 5. The van der Waals surface area contributed by atoms with Gasteiger partial charge in [-0.1, -0.05) is 231 Å². The zero-order valence-corrected chi connectivity index (χ0v) is 41.1. The van der Waals surface area contributed by atoms with Crippen LogP contribution in [-0.4, -0.2) is 87.5 Å². The highest BCUT2D eigenvalue weighted by Crippen LogP contribution is 2.23. The van der Waals surface area contributed by atoms with Gasteiger partial charge in [0.2, 0.25) is 5.91 Å². The molecule has 372 valence electrons. The van der Waals surface area contributed by atoms with Crippen molar-refractivity contribution in [1.29, 1.82) is 0 Å². The van der Waals surface area contributed by atoms with E-state index in [0.29, 0.717) is 6.42 Å². The second-order valence-electron chi connectivity index (χ2n) is 19.0. The van der Waals surface area contributed by atoms with Crippen LogP contribution in [-0.2, 0) is 14.3 Å². The number of ether oxygens (including phenoxy) is 2. The number of carbonyl (C=O) groups excluding carboxylic acids is 1. The highest BCUT2D eigenvalue weighted by molar-refractivity contribution is 5.76. The van der Waals surface area contributed by atoms with Crippen molar-refractivity contribution in [3.63, 3.8) is 0 Å². The Kier molecular flexibility index (Phi) is 42.2. The molecule has 1 saturated heterocycles. The van der Waals surface area contributed by atoms with Crippen molar-refractivity contribution in [2.75, 3.05) is 13.2 Å². The Morgan fingerprint density at radius 2 is 0.889 bits per heavy atom. The number of hydrogen-bond donors (Lipinski definition) is 6. The summed E-state index contributed by atoms with van der Waals surface area (Å²) < 4.78 is 11.3. The summed E-state index contributed by atoms with van der Waals surface area (Å²) in [7, 11) is 0. The van der Waals surface area contributed by atoms with Crippen molar-refractivity contribution >= 4 is 5.91 Å². The lowest BCUT2D eigenvalue weighted by Crippen LogP contribution is -2.60. The van der Waals surface area contributed by atoms with Crippen molar-refractivity contribution in [1.82, 2.24) is 5.32 Å². The molecule has 0 spiro atoms. The molecule has 0 saturated carbocycles. The van der Waals surface area contributed by atoms with Crippen LogP contribution in [0.1, 0.15) is 258 Å². The molecule has 6 N–H and O–H groups in total. The first kappa shape index (κ1) is 59.7. The molecule has 1 heterocycles. The minimum absolute atomic E-state index is 0.178. The van der Waals surface area contributed by atoms with E-state index in [2.05, 4.69) is 31.3 Å². The van der Waals surface area contributed by atoms with Gasteiger partial charge in [-0.25, -0.2) is 0 Å². The number of unbranched alkanes of at least 4 members (excludes halogenated alkanes) is 34. The Labute approximate surface area is 388 Å². The molecular formula is C54H103NO8. The number of hydrogen-bond acceptors (Lipinski definition) is 8. The lowest BCUT2D eigenvalue weighted by Gasteiger charge is -2.40. The van der Waals surface area contributed by atoms with Crippen LogP contribution in [0.2, 0.25) is 0 Å². The maximum absolute atomic E-state index is 13.0. The van der Waals surface area contributed by atoms with Gasteiger partial charge in [0.05, 0.1) is 25.4 Å². The van der Waals surface area contributed by atoms with E-state index in [0.717, 1.165) is 38.5 Å². The molecule has 1 fully saturated rings. The van der Waals surface area contributed by atoms with Crippen LogP contribution >= 0.6 is 0 Å². The van der Waals surface area contributed by atoms with Crippen LogP contribution in [0, 0.1) is 0 Å². The van der Waals surface area contributed by atoms with E-state index in [1.807, 2.05) is 6.08 Å². The Hall–Kier alpha value is -1.33. The summed E-state index contributed by atoms with van der Waals surface area (Å²) in [5.74, 6) is -0.178. The van der Waals surface area contributed by atoms with Crippen molar-refractivity contribution in [3.05, 3.63) is 24.3 Å². The molecule has 1 aliphatic rings. The summed E-state index contributed by atoms with van der Waals surface area (Å²) in [5.41, 5.74) is 0. The van der Waals surface area contributed by atoms with Crippen LogP contribution < -0.4 is 5.32 Å². The molecule has 9 heteroatoms. The summed E-state index contributed by atoms with van der Waals surface area (Å²) >= 11 is 0. The summed E-state index contributed by atoms with van der Waals surface area (Å²) in [5, 5.41) is 54.4. The van der Waals surface area contributed by atoms with Crippen molar-refractivity contribution in [2.24, 2.45) is 0 Å². The van der Waals surface area contributed by atoms with E-state index >= 15 is 0 Å². The second kappa shape index (κ2) is 44.5. The minimum Gasteiger partial charge on any atom is -0.394 e. The third-order valence-corrected chi connectivity index (χ3v) is 13.0. The number of allylic oxidation sites excluding steroid dienone is 3. The van der Waals surface area contributed by atoms with Gasteiger partial charge < -0.3 is 40.3 Å². The van der Waals surface area contributed by atoms with E-state index in [-0.39, 0.29) is 12.5 Å². The topological polar surface area (TPSA) is 149 Å². The van der Waals surface area contributed by atoms with Gasteiger partial charge in [-0.05, 0) is 44.9 Å². The molecule has 0 aromatic carbocycles. The predicted molar refractivity (Wildman–Crippen MR) is 263 cm³/mol. The summed E-state index contributed by atoms with van der Waals surface area (Å²) in [6.07, 6.45) is 48.0. The van der Waals surface area contributed by atoms with Crippen LogP contribution in [0.5, 0.6) is 0 Å². The van der Waals surface area contributed by atoms with Gasteiger partial charge >= 0.3 is 0 Å². The highest BCUT2D eigenvalue weighted by Gasteiger charge is 2.44. The fraction of sp³-hybridized carbons (Fsp3) is 0.907. The smallest absolute Gasteiger partial charge is 0.220 e. The molecule has 1 amide bonds. The van der Waals surface area contributed by atoms with E-state index in [4.69, 9.17) is 9.47 Å². The molecule has 0 aromatic rings. The Morgan fingerprint density at radius 1 is 0.524 bits per heavy atom. The Bertz CT molecular complexity index is 1040. The Balaban J connectivity index is 2.26. The Morgan fingerprint density at radius 3 is 1.29 bits per heavy atom. The van der Waals surface area contributed by atoms with Crippen LogP contribution in [0.15, 0.2) is 24.3 Å². The van der Waals surface area contributed by atoms with Gasteiger partial charge in [0, 0.05) is 6.42 Å². The van der Waals surface area contributed by atoms with Gasteiger partial charge in [-0.3, -0.25) is 4.79 Å². The maximum Gasteiger partial charge on any atom is 0.220 e. The van der Waals surface area contributed by atoms with Gasteiger partial charge in [0.15, 0.2) is 6.29 Å². The third kappa shape index (κ3) is 34.6. The van der Waals surface area contributed by atoms with E-state index in [9.17, 15) is 30.3 Å². The monoisotopic (exact) mass is 894 g/mol. The van der Waals surface area contributed by atoms with Crippen LogP contribution in [0.3, 0.4) is 0 Å². The number of aliphatic hydroxyl groups excluding tert-OH is 5. The van der Waals surface area contributed by atoms with Crippen LogP contribution in [0.4, 0.5) is 0 Å². The number of amides is 1. The molecule has 0 aromatic heterocycles. The molecule has 0 bridgehead atoms. The first-order valence-electron chi connectivity index (χ1n) is 27.1. The quantitative estimate of drug-likeness (QED) is 0.0261. The minimum atomic E-state index is -1.57.